The van der Waals surface area contributed by atoms with E-state index >= 15 is 0 Å². The van der Waals surface area contributed by atoms with Gasteiger partial charge in [-0.3, -0.25) is 0 Å². The first-order valence-electron chi connectivity index (χ1n) is 7.72. The van der Waals surface area contributed by atoms with Gasteiger partial charge in [-0.1, -0.05) is 30.3 Å². The van der Waals surface area contributed by atoms with Crippen LogP contribution in [0.15, 0.2) is 61.1 Å². The molecule has 118 valence electrons. The lowest BCUT2D eigenvalue weighted by Gasteiger charge is -2.09. The van der Waals surface area contributed by atoms with Gasteiger partial charge in [0.05, 0.1) is 5.69 Å². The van der Waals surface area contributed by atoms with Crippen LogP contribution in [0.3, 0.4) is 0 Å². The molecule has 0 unspecified atom stereocenters. The maximum absolute atomic E-state index is 4.43. The molecule has 6 nitrogen and oxygen atoms in total. The molecule has 0 spiro atoms. The molecular formula is C18H16N6. The summed E-state index contributed by atoms with van der Waals surface area (Å²) in [7, 11) is 0. The van der Waals surface area contributed by atoms with E-state index in [2.05, 4.69) is 37.7 Å². The van der Waals surface area contributed by atoms with Crippen molar-refractivity contribution in [3.63, 3.8) is 0 Å². The second kappa shape index (κ2) is 6.08. The standard InChI is InChI=1S/C18H16N6/c1-13-15-5-2-3-6-16(15)18(23-22-13)20-12-14-7-8-17(19-11-14)24-10-4-9-21-24/h2-11H,12H2,1H3,(H,20,23). The Hall–Kier alpha value is -3.28. The van der Waals surface area contributed by atoms with Gasteiger partial charge in [-0.15, -0.1) is 5.10 Å². The zero-order chi connectivity index (χ0) is 16.4. The van der Waals surface area contributed by atoms with Crippen molar-refractivity contribution < 1.29 is 0 Å². The highest BCUT2D eigenvalue weighted by atomic mass is 15.3. The number of pyridine rings is 1. The van der Waals surface area contributed by atoms with Crippen LogP contribution in [-0.2, 0) is 6.54 Å². The van der Waals surface area contributed by atoms with E-state index in [1.54, 1.807) is 10.9 Å². The summed E-state index contributed by atoms with van der Waals surface area (Å²) in [5.41, 5.74) is 2.00. The van der Waals surface area contributed by atoms with Crippen LogP contribution in [0.4, 0.5) is 5.82 Å². The van der Waals surface area contributed by atoms with Gasteiger partial charge in [0.15, 0.2) is 11.6 Å². The van der Waals surface area contributed by atoms with E-state index < -0.39 is 0 Å². The minimum absolute atomic E-state index is 0.633. The van der Waals surface area contributed by atoms with Crippen molar-refractivity contribution in [2.24, 2.45) is 0 Å². The molecule has 3 aromatic heterocycles. The number of anilines is 1. The summed E-state index contributed by atoms with van der Waals surface area (Å²) >= 11 is 0. The molecule has 4 aromatic rings. The lowest BCUT2D eigenvalue weighted by molar-refractivity contribution is 0.843. The third kappa shape index (κ3) is 2.69. The molecule has 0 atom stereocenters. The zero-order valence-corrected chi connectivity index (χ0v) is 13.2. The molecule has 0 radical (unpaired) electrons. The Bertz CT molecular complexity index is 961. The molecule has 24 heavy (non-hydrogen) atoms. The number of fused-ring (bicyclic) bond motifs is 1. The van der Waals surface area contributed by atoms with E-state index in [0.29, 0.717) is 6.54 Å². The fourth-order valence-corrected chi connectivity index (χ4v) is 2.62. The number of hydrogen-bond acceptors (Lipinski definition) is 5. The fourth-order valence-electron chi connectivity index (χ4n) is 2.62. The molecule has 0 aliphatic heterocycles. The van der Waals surface area contributed by atoms with Crippen LogP contribution in [0, 0.1) is 6.92 Å². The Kier molecular flexibility index (Phi) is 3.63. The number of nitrogens with one attached hydrogen (secondary N) is 1. The minimum atomic E-state index is 0.633. The normalized spacial score (nSPS) is 10.9. The van der Waals surface area contributed by atoms with Gasteiger partial charge in [-0.2, -0.15) is 10.2 Å². The van der Waals surface area contributed by atoms with Gasteiger partial charge in [-0.25, -0.2) is 9.67 Å². The van der Waals surface area contributed by atoms with Crippen molar-refractivity contribution in [3.8, 4) is 5.82 Å². The van der Waals surface area contributed by atoms with Gasteiger partial charge in [0.1, 0.15) is 0 Å². The average Bonchev–Trinajstić information content (AvgIpc) is 3.17. The first-order chi connectivity index (χ1) is 11.8. The van der Waals surface area contributed by atoms with E-state index in [4.69, 9.17) is 0 Å². The number of rotatable bonds is 4. The third-order valence-electron chi connectivity index (χ3n) is 3.88. The lowest BCUT2D eigenvalue weighted by atomic mass is 10.1. The molecule has 4 rings (SSSR count). The van der Waals surface area contributed by atoms with Gasteiger partial charge in [0, 0.05) is 35.9 Å². The maximum Gasteiger partial charge on any atom is 0.156 e. The van der Waals surface area contributed by atoms with Crippen LogP contribution in [0.1, 0.15) is 11.3 Å². The quantitative estimate of drug-likeness (QED) is 0.626. The Morgan fingerprint density at radius 3 is 2.62 bits per heavy atom. The second-order valence-electron chi connectivity index (χ2n) is 5.51. The van der Waals surface area contributed by atoms with Crippen molar-refractivity contribution in [2.75, 3.05) is 5.32 Å². The first-order valence-corrected chi connectivity index (χ1v) is 7.72. The molecule has 0 saturated heterocycles. The Morgan fingerprint density at radius 1 is 1.00 bits per heavy atom. The molecule has 0 fully saturated rings. The van der Waals surface area contributed by atoms with E-state index in [-0.39, 0.29) is 0 Å². The van der Waals surface area contributed by atoms with Crippen LogP contribution in [0.2, 0.25) is 0 Å². The van der Waals surface area contributed by atoms with E-state index in [1.807, 2.05) is 49.6 Å². The lowest BCUT2D eigenvalue weighted by Crippen LogP contribution is -2.05. The predicted octanol–water partition coefficient (Wildman–Crippen LogP) is 3.13. The number of benzene rings is 1. The van der Waals surface area contributed by atoms with Crippen LogP contribution in [0.5, 0.6) is 0 Å². The first kappa shape index (κ1) is 14.3. The number of aromatic nitrogens is 5. The number of hydrogen-bond donors (Lipinski definition) is 1. The highest BCUT2D eigenvalue weighted by Gasteiger charge is 2.06. The predicted molar refractivity (Wildman–Crippen MR) is 93.0 cm³/mol. The van der Waals surface area contributed by atoms with Crippen molar-refractivity contribution in [3.05, 3.63) is 72.3 Å². The van der Waals surface area contributed by atoms with Crippen molar-refractivity contribution in [1.82, 2.24) is 25.0 Å². The molecule has 3 heterocycles. The summed E-state index contributed by atoms with van der Waals surface area (Å²) in [5, 5.41) is 18.2. The number of aryl methyl sites for hydroxylation is 1. The molecule has 0 aliphatic carbocycles. The summed E-state index contributed by atoms with van der Waals surface area (Å²) < 4.78 is 1.73. The molecule has 6 heteroatoms. The van der Waals surface area contributed by atoms with Crippen molar-refractivity contribution in [2.45, 2.75) is 13.5 Å². The summed E-state index contributed by atoms with van der Waals surface area (Å²) in [6.45, 7) is 2.60. The maximum atomic E-state index is 4.43. The topological polar surface area (TPSA) is 68.5 Å². The third-order valence-corrected chi connectivity index (χ3v) is 3.88. The molecule has 1 N–H and O–H groups in total. The summed E-state index contributed by atoms with van der Waals surface area (Å²) in [6, 6.07) is 14.0. The van der Waals surface area contributed by atoms with E-state index in [0.717, 1.165) is 33.7 Å². The van der Waals surface area contributed by atoms with E-state index in [9.17, 15) is 0 Å². The Balaban J connectivity index is 1.54. The molecular weight excluding hydrogens is 300 g/mol. The average molecular weight is 316 g/mol. The van der Waals surface area contributed by atoms with E-state index in [1.165, 1.54) is 0 Å². The minimum Gasteiger partial charge on any atom is -0.364 e. The Labute approximate surface area is 139 Å². The van der Waals surface area contributed by atoms with Gasteiger partial charge in [-0.05, 0) is 24.6 Å². The van der Waals surface area contributed by atoms with Gasteiger partial charge < -0.3 is 5.32 Å². The number of nitrogens with zero attached hydrogens (tertiary/aromatic N) is 5. The van der Waals surface area contributed by atoms with Crippen molar-refractivity contribution >= 4 is 16.6 Å². The molecule has 0 amide bonds. The van der Waals surface area contributed by atoms with Crippen LogP contribution in [-0.4, -0.2) is 25.0 Å². The monoisotopic (exact) mass is 316 g/mol. The molecule has 1 aromatic carbocycles. The van der Waals surface area contributed by atoms with Crippen molar-refractivity contribution in [1.29, 1.82) is 0 Å². The Morgan fingerprint density at radius 2 is 1.88 bits per heavy atom. The SMILES string of the molecule is Cc1nnc(NCc2ccc(-n3cccn3)nc2)c2ccccc12. The van der Waals surface area contributed by atoms with Crippen LogP contribution in [0.25, 0.3) is 16.6 Å². The highest BCUT2D eigenvalue weighted by Crippen LogP contribution is 2.22. The molecule has 0 saturated carbocycles. The molecule has 0 aliphatic rings. The van der Waals surface area contributed by atoms with Crippen LogP contribution >= 0.6 is 0 Å². The fraction of sp³-hybridized carbons (Fsp3) is 0.111. The summed E-state index contributed by atoms with van der Waals surface area (Å²) in [4.78, 5) is 4.43. The van der Waals surface area contributed by atoms with Gasteiger partial charge >= 0.3 is 0 Å². The summed E-state index contributed by atoms with van der Waals surface area (Å²) in [5.74, 6) is 1.58. The van der Waals surface area contributed by atoms with Crippen LogP contribution < -0.4 is 5.32 Å². The van der Waals surface area contributed by atoms with Gasteiger partial charge in [0.25, 0.3) is 0 Å². The second-order valence-corrected chi connectivity index (χ2v) is 5.51. The van der Waals surface area contributed by atoms with Gasteiger partial charge in [0.2, 0.25) is 0 Å². The smallest absolute Gasteiger partial charge is 0.156 e. The highest BCUT2D eigenvalue weighted by molar-refractivity contribution is 5.92. The zero-order valence-electron chi connectivity index (χ0n) is 13.2. The summed E-state index contributed by atoms with van der Waals surface area (Å²) in [6.07, 6.45) is 5.44. The molecule has 0 bridgehead atoms. The largest absolute Gasteiger partial charge is 0.364 e.